The van der Waals surface area contributed by atoms with E-state index < -0.39 is 27.0 Å². The van der Waals surface area contributed by atoms with Gasteiger partial charge in [0.25, 0.3) is 5.91 Å². The fraction of sp³-hybridized carbons (Fsp3) is 0.586. The molecule has 1 aromatic heterocycles. The second-order valence-electron chi connectivity index (χ2n) is 12.7. The van der Waals surface area contributed by atoms with Crippen molar-refractivity contribution in [3.63, 3.8) is 0 Å². The van der Waals surface area contributed by atoms with Gasteiger partial charge in [-0.2, -0.15) is 10.2 Å². The number of aryl methyl sites for hydroxylation is 2. The molecule has 0 bridgehead atoms. The van der Waals surface area contributed by atoms with Crippen LogP contribution in [0, 0.1) is 11.8 Å². The summed E-state index contributed by atoms with van der Waals surface area (Å²) < 4.78 is 25.1. The van der Waals surface area contributed by atoms with Gasteiger partial charge in [-0.1, -0.05) is 25.8 Å². The number of carbonyl (C=O) groups is 2. The number of rotatable bonds is 8. The van der Waals surface area contributed by atoms with Gasteiger partial charge >= 0.3 is 0 Å². The molecule has 11 nitrogen and oxygen atoms in total. The summed E-state index contributed by atoms with van der Waals surface area (Å²) in [6.45, 7) is 5.68. The molecule has 1 saturated carbocycles. The molecule has 2 atom stereocenters. The maximum atomic E-state index is 13.7. The third kappa shape index (κ3) is 5.00. The van der Waals surface area contributed by atoms with Gasteiger partial charge in [-0.15, -0.1) is 0 Å². The van der Waals surface area contributed by atoms with Crippen molar-refractivity contribution in [1.29, 1.82) is 0 Å². The number of sulfone groups is 1. The number of anilines is 2. The van der Waals surface area contributed by atoms with Crippen molar-refractivity contribution in [1.82, 2.24) is 20.1 Å². The van der Waals surface area contributed by atoms with Crippen LogP contribution in [0.4, 0.5) is 11.5 Å². The number of amides is 2. The first kappa shape index (κ1) is 26.5. The molecule has 3 aliphatic heterocycles. The van der Waals surface area contributed by atoms with Crippen LogP contribution in [0.2, 0.25) is 0 Å². The first-order chi connectivity index (χ1) is 19.6. The first-order valence-corrected chi connectivity index (χ1v) is 16.7. The Morgan fingerprint density at radius 3 is 2.73 bits per heavy atom. The van der Waals surface area contributed by atoms with Gasteiger partial charge < -0.3 is 15.5 Å². The van der Waals surface area contributed by atoms with Gasteiger partial charge in [0.1, 0.15) is 17.1 Å². The Morgan fingerprint density at radius 1 is 1.22 bits per heavy atom. The molecular weight excluding hydrogens is 542 g/mol. The van der Waals surface area contributed by atoms with E-state index in [0.717, 1.165) is 50.7 Å². The summed E-state index contributed by atoms with van der Waals surface area (Å²) in [5.74, 6) is -0.121. The van der Waals surface area contributed by atoms with Crippen molar-refractivity contribution in [2.75, 3.05) is 41.9 Å². The first-order valence-electron chi connectivity index (χ1n) is 14.7. The Balaban J connectivity index is 1.12. The van der Waals surface area contributed by atoms with Gasteiger partial charge in [0.2, 0.25) is 5.91 Å². The molecular formula is C29H37N7O4S. The summed E-state index contributed by atoms with van der Waals surface area (Å²) in [6.07, 6.45) is 8.51. The fourth-order valence-corrected chi connectivity index (χ4v) is 7.37. The van der Waals surface area contributed by atoms with Crippen molar-refractivity contribution in [3.8, 4) is 0 Å². The molecule has 4 heterocycles. The molecule has 1 spiro atoms. The number of nitrogens with zero attached hydrogens (tertiary/aromatic N) is 5. The van der Waals surface area contributed by atoms with Crippen LogP contribution >= 0.6 is 0 Å². The van der Waals surface area contributed by atoms with Gasteiger partial charge in [0.15, 0.2) is 9.84 Å². The van der Waals surface area contributed by atoms with Crippen LogP contribution < -0.4 is 15.5 Å². The second-order valence-corrected chi connectivity index (χ2v) is 14.9. The highest BCUT2D eigenvalue weighted by atomic mass is 32.2. The average molecular weight is 580 g/mol. The molecule has 2 fully saturated rings. The standard InChI is InChI=1S/C29H37N7O4S/c1-18-13-30-36(14-18)22-15-34(16-22)21-5-6-23-20(11-21)7-9-29(23)12-24-26(28(38)32-29)27(31-25(37)17-41(2,39)40)35(33-24)10-8-19-3-4-19/h5-6,11,13,18-19,22H,3-4,7-10,12,14-17H2,1-2H3,(H,31,37)(H,32,38)/t18?,29-/m1/s1. The third-order valence-electron chi connectivity index (χ3n) is 9.19. The SMILES string of the molecule is CC1C=NN(C2CN(c3ccc4c(c3)CC[C@@]43Cc4nn(CCC5CC5)c(NC(=O)CS(C)(=O)=O)c4C(=O)N3)C2)C1. The molecule has 41 heavy (non-hydrogen) atoms. The van der Waals surface area contributed by atoms with E-state index in [1.54, 1.807) is 4.68 Å². The van der Waals surface area contributed by atoms with Crippen LogP contribution in [0.5, 0.6) is 0 Å². The largest absolute Gasteiger partial charge is 0.367 e. The predicted octanol–water partition coefficient (Wildman–Crippen LogP) is 1.92. The minimum absolute atomic E-state index is 0.276. The predicted molar refractivity (Wildman–Crippen MR) is 156 cm³/mol. The Kier molecular flexibility index (Phi) is 6.18. The zero-order valence-electron chi connectivity index (χ0n) is 23.6. The number of fused-ring (bicyclic) bond motifs is 3. The lowest BCUT2D eigenvalue weighted by atomic mass is 9.82. The Morgan fingerprint density at radius 2 is 2.02 bits per heavy atom. The van der Waals surface area contributed by atoms with Crippen LogP contribution in [-0.4, -0.2) is 78.9 Å². The van der Waals surface area contributed by atoms with Gasteiger partial charge in [-0.25, -0.2) is 13.1 Å². The van der Waals surface area contributed by atoms with E-state index in [0.29, 0.717) is 47.9 Å². The highest BCUT2D eigenvalue weighted by Crippen LogP contribution is 2.45. The summed E-state index contributed by atoms with van der Waals surface area (Å²) in [6, 6.07) is 7.04. The summed E-state index contributed by atoms with van der Waals surface area (Å²) in [7, 11) is -3.51. The van der Waals surface area contributed by atoms with E-state index in [4.69, 9.17) is 5.10 Å². The normalized spacial score (nSPS) is 25.3. The summed E-state index contributed by atoms with van der Waals surface area (Å²) >= 11 is 0. The minimum atomic E-state index is -3.51. The Labute approximate surface area is 240 Å². The average Bonchev–Trinajstić information content (AvgIpc) is 3.38. The van der Waals surface area contributed by atoms with E-state index in [1.165, 1.54) is 24.1 Å². The fourth-order valence-electron chi connectivity index (χ4n) is 6.82. The number of carbonyl (C=O) groups excluding carboxylic acids is 2. The van der Waals surface area contributed by atoms with Crippen molar-refractivity contribution in [3.05, 3.63) is 40.6 Å². The van der Waals surface area contributed by atoms with E-state index >= 15 is 0 Å². The molecule has 2 N–H and O–H groups in total. The van der Waals surface area contributed by atoms with E-state index in [1.807, 2.05) is 6.21 Å². The third-order valence-corrected chi connectivity index (χ3v) is 9.98. The topological polar surface area (TPSA) is 129 Å². The van der Waals surface area contributed by atoms with Crippen LogP contribution in [0.3, 0.4) is 0 Å². The van der Waals surface area contributed by atoms with Gasteiger partial charge in [0, 0.05) is 56.7 Å². The van der Waals surface area contributed by atoms with Crippen molar-refractivity contribution in [2.45, 2.75) is 63.6 Å². The van der Waals surface area contributed by atoms with Crippen LogP contribution in [0.25, 0.3) is 0 Å². The number of hydrogen-bond donors (Lipinski definition) is 2. The number of hydrazone groups is 1. The lowest BCUT2D eigenvalue weighted by molar-refractivity contribution is -0.113. The van der Waals surface area contributed by atoms with Crippen molar-refractivity contribution in [2.24, 2.45) is 16.9 Å². The highest BCUT2D eigenvalue weighted by Gasteiger charge is 2.47. The Bertz CT molecular complexity index is 1560. The van der Waals surface area contributed by atoms with Crippen molar-refractivity contribution < 1.29 is 18.0 Å². The summed E-state index contributed by atoms with van der Waals surface area (Å²) in [4.78, 5) is 28.6. The Hall–Kier alpha value is -3.41. The van der Waals surface area contributed by atoms with Crippen LogP contribution in [0.1, 0.15) is 59.8 Å². The molecule has 1 aromatic carbocycles. The zero-order chi connectivity index (χ0) is 28.5. The minimum Gasteiger partial charge on any atom is -0.367 e. The summed E-state index contributed by atoms with van der Waals surface area (Å²) in [5, 5.41) is 17.6. The number of aromatic nitrogens is 2. The molecule has 2 aromatic rings. The quantitative estimate of drug-likeness (QED) is 0.489. The van der Waals surface area contributed by atoms with Crippen LogP contribution in [-0.2, 0) is 39.6 Å². The number of nitrogens with one attached hydrogen (secondary N) is 2. The number of hydrogen-bond acceptors (Lipinski definition) is 8. The molecule has 0 radical (unpaired) electrons. The van der Waals surface area contributed by atoms with E-state index in [2.05, 4.69) is 50.8 Å². The summed E-state index contributed by atoms with van der Waals surface area (Å²) in [5.41, 5.74) is 4.05. The molecule has 5 aliphatic rings. The van der Waals surface area contributed by atoms with E-state index in [-0.39, 0.29) is 5.91 Å². The van der Waals surface area contributed by atoms with Gasteiger partial charge in [-0.3, -0.25) is 14.6 Å². The molecule has 1 unspecified atom stereocenters. The molecule has 7 rings (SSSR count). The highest BCUT2D eigenvalue weighted by molar-refractivity contribution is 7.91. The van der Waals surface area contributed by atoms with Gasteiger partial charge in [0.05, 0.1) is 17.3 Å². The molecule has 2 aliphatic carbocycles. The maximum absolute atomic E-state index is 13.7. The maximum Gasteiger partial charge on any atom is 0.257 e. The molecule has 218 valence electrons. The monoisotopic (exact) mass is 579 g/mol. The lowest BCUT2D eigenvalue weighted by Gasteiger charge is -2.45. The smallest absolute Gasteiger partial charge is 0.257 e. The number of benzene rings is 1. The molecule has 12 heteroatoms. The molecule has 1 saturated heterocycles. The van der Waals surface area contributed by atoms with Crippen molar-refractivity contribution >= 4 is 39.4 Å². The van der Waals surface area contributed by atoms with E-state index in [9.17, 15) is 18.0 Å². The molecule has 2 amide bonds. The zero-order valence-corrected chi connectivity index (χ0v) is 24.4. The van der Waals surface area contributed by atoms with Crippen LogP contribution in [0.15, 0.2) is 23.3 Å². The second kappa shape index (κ2) is 9.57. The van der Waals surface area contributed by atoms with Gasteiger partial charge in [-0.05, 0) is 48.4 Å². The lowest BCUT2D eigenvalue weighted by Crippen LogP contribution is -2.58.